The topological polar surface area (TPSA) is 69.6 Å². The van der Waals surface area contributed by atoms with Gasteiger partial charge in [0.2, 0.25) is 0 Å². The van der Waals surface area contributed by atoms with Crippen LogP contribution in [0, 0.1) is 5.92 Å². The summed E-state index contributed by atoms with van der Waals surface area (Å²) in [6.45, 7) is 0.313. The number of carboxylic acids is 1. The molecule has 1 aliphatic rings. The number of rotatable bonds is 3. The van der Waals surface area contributed by atoms with E-state index in [1.54, 1.807) is 0 Å². The second-order valence-corrected chi connectivity index (χ2v) is 5.85. The highest BCUT2D eigenvalue weighted by Gasteiger charge is 2.33. The van der Waals surface area contributed by atoms with Gasteiger partial charge >= 0.3 is 17.5 Å². The number of carboxylic acid groups (broad SMARTS) is 1. The lowest BCUT2D eigenvalue weighted by Gasteiger charge is -2.18. The Kier molecular flexibility index (Phi) is 4.84. The molecule has 1 aromatic rings. The summed E-state index contributed by atoms with van der Waals surface area (Å²) < 4.78 is 37.4. The molecule has 2 N–H and O–H groups in total. The fraction of sp³-hybridized carbons (Fsp3) is 0.385. The summed E-state index contributed by atoms with van der Waals surface area (Å²) in [5.74, 6) is -1.62. The highest BCUT2D eigenvalue weighted by molar-refractivity contribution is 8.00. The Labute approximate surface area is 128 Å². The molecule has 1 saturated heterocycles. The molecule has 0 radical (unpaired) electrons. The van der Waals surface area contributed by atoms with Crippen LogP contribution in [0.2, 0.25) is 0 Å². The predicted octanol–water partition coefficient (Wildman–Crippen LogP) is 3.24. The van der Waals surface area contributed by atoms with Crippen molar-refractivity contribution in [3.63, 3.8) is 0 Å². The van der Waals surface area contributed by atoms with Gasteiger partial charge in [-0.2, -0.15) is 13.2 Å². The molecule has 2 amide bonds. The normalized spacial score (nSPS) is 18.3. The number of benzene rings is 1. The van der Waals surface area contributed by atoms with E-state index in [9.17, 15) is 22.8 Å². The van der Waals surface area contributed by atoms with Gasteiger partial charge in [-0.1, -0.05) is 12.1 Å². The highest BCUT2D eigenvalue weighted by Crippen LogP contribution is 2.40. The zero-order valence-corrected chi connectivity index (χ0v) is 12.1. The first kappa shape index (κ1) is 16.5. The third kappa shape index (κ3) is 4.30. The van der Waals surface area contributed by atoms with Crippen molar-refractivity contribution < 1.29 is 27.9 Å². The first-order chi connectivity index (χ1) is 10.3. The van der Waals surface area contributed by atoms with Crippen LogP contribution < -0.4 is 5.32 Å². The maximum absolute atomic E-state index is 12.5. The molecular formula is C13H13F3N2O3S. The summed E-state index contributed by atoms with van der Waals surface area (Å²) in [4.78, 5) is 24.1. The van der Waals surface area contributed by atoms with Gasteiger partial charge in [-0.05, 0) is 30.3 Å². The highest BCUT2D eigenvalue weighted by atomic mass is 32.2. The fourth-order valence-electron chi connectivity index (χ4n) is 2.12. The molecule has 1 atom stereocenters. The van der Waals surface area contributed by atoms with Crippen LogP contribution in [-0.4, -0.2) is 40.6 Å². The molecule has 2 rings (SSSR count). The Morgan fingerprint density at radius 2 is 2.00 bits per heavy atom. The Morgan fingerprint density at radius 3 is 2.59 bits per heavy atom. The van der Waals surface area contributed by atoms with Crippen molar-refractivity contribution in [3.8, 4) is 0 Å². The maximum atomic E-state index is 12.5. The Morgan fingerprint density at radius 1 is 1.32 bits per heavy atom. The van der Waals surface area contributed by atoms with E-state index in [-0.39, 0.29) is 35.4 Å². The van der Waals surface area contributed by atoms with E-state index >= 15 is 0 Å². The number of halogens is 3. The number of alkyl halides is 3. The van der Waals surface area contributed by atoms with Crippen LogP contribution in [0.3, 0.4) is 0 Å². The van der Waals surface area contributed by atoms with Gasteiger partial charge in [0, 0.05) is 18.0 Å². The minimum Gasteiger partial charge on any atom is -0.481 e. The van der Waals surface area contributed by atoms with Crippen molar-refractivity contribution in [3.05, 3.63) is 24.3 Å². The summed E-state index contributed by atoms with van der Waals surface area (Å²) in [5.41, 5.74) is -4.41. The minimum absolute atomic E-state index is 0.0496. The van der Waals surface area contributed by atoms with Crippen LogP contribution in [-0.2, 0) is 4.79 Å². The monoisotopic (exact) mass is 334 g/mol. The van der Waals surface area contributed by atoms with Gasteiger partial charge in [0.15, 0.2) is 0 Å². The van der Waals surface area contributed by atoms with E-state index in [4.69, 9.17) is 5.11 Å². The molecule has 1 unspecified atom stereocenters. The van der Waals surface area contributed by atoms with Crippen molar-refractivity contribution in [1.29, 1.82) is 0 Å². The number of carbonyl (C=O) groups is 2. The molecular weight excluding hydrogens is 321 g/mol. The molecule has 1 aromatic carbocycles. The van der Waals surface area contributed by atoms with Crippen LogP contribution in [0.15, 0.2) is 29.2 Å². The van der Waals surface area contributed by atoms with E-state index in [2.05, 4.69) is 5.32 Å². The first-order valence-corrected chi connectivity index (χ1v) is 7.21. The number of hydrogen-bond donors (Lipinski definition) is 2. The minimum atomic E-state index is -4.46. The van der Waals surface area contributed by atoms with Gasteiger partial charge in [0.1, 0.15) is 0 Å². The molecule has 120 valence electrons. The van der Waals surface area contributed by atoms with Crippen molar-refractivity contribution >= 4 is 29.4 Å². The van der Waals surface area contributed by atoms with E-state index in [1.165, 1.54) is 29.2 Å². The molecule has 22 heavy (non-hydrogen) atoms. The van der Waals surface area contributed by atoms with Crippen LogP contribution in [0.4, 0.5) is 23.7 Å². The second-order valence-electron chi connectivity index (χ2n) is 4.74. The lowest BCUT2D eigenvalue weighted by atomic mass is 10.1. The van der Waals surface area contributed by atoms with Gasteiger partial charge in [-0.3, -0.25) is 4.79 Å². The molecule has 0 saturated carbocycles. The van der Waals surface area contributed by atoms with Gasteiger partial charge < -0.3 is 15.3 Å². The number of nitrogens with one attached hydrogen (secondary N) is 1. The zero-order chi connectivity index (χ0) is 16.3. The predicted molar refractivity (Wildman–Crippen MR) is 74.7 cm³/mol. The average Bonchev–Trinajstić information content (AvgIpc) is 2.89. The Bertz CT molecular complexity index is 580. The van der Waals surface area contributed by atoms with E-state index in [1.807, 2.05) is 0 Å². The smallest absolute Gasteiger partial charge is 0.446 e. The molecule has 0 spiro atoms. The number of anilines is 1. The molecule has 9 heteroatoms. The third-order valence-corrected chi connectivity index (χ3v) is 3.99. The number of urea groups is 1. The number of amides is 2. The molecule has 1 heterocycles. The van der Waals surface area contributed by atoms with Gasteiger partial charge in [0.25, 0.3) is 0 Å². The maximum Gasteiger partial charge on any atom is 0.446 e. The number of para-hydroxylation sites is 1. The lowest BCUT2D eigenvalue weighted by Crippen LogP contribution is -2.34. The Hall–Kier alpha value is -1.90. The lowest BCUT2D eigenvalue weighted by molar-refractivity contribution is -0.141. The number of likely N-dealkylation sites (tertiary alicyclic amines) is 1. The van der Waals surface area contributed by atoms with E-state index < -0.39 is 23.4 Å². The fourth-order valence-corrected chi connectivity index (χ4v) is 2.75. The van der Waals surface area contributed by atoms with Crippen molar-refractivity contribution in [2.75, 3.05) is 18.4 Å². The largest absolute Gasteiger partial charge is 0.481 e. The van der Waals surface area contributed by atoms with E-state index in [0.29, 0.717) is 6.42 Å². The number of hydrogen-bond acceptors (Lipinski definition) is 3. The van der Waals surface area contributed by atoms with E-state index in [0.717, 1.165) is 0 Å². The van der Waals surface area contributed by atoms with Gasteiger partial charge in [-0.25, -0.2) is 4.79 Å². The summed E-state index contributed by atoms with van der Waals surface area (Å²) in [5, 5.41) is 11.3. The second kappa shape index (κ2) is 6.47. The summed E-state index contributed by atoms with van der Waals surface area (Å²) in [6.07, 6.45) is 0.335. The standard InChI is InChI=1S/C13H13F3N2O3S/c14-13(15,16)22-10-4-2-1-3-9(10)17-12(21)18-6-5-8(7-18)11(19)20/h1-4,8H,5-7H2,(H,17,21)(H,19,20). The molecule has 1 aliphatic heterocycles. The van der Waals surface area contributed by atoms with Gasteiger partial charge in [0.05, 0.1) is 11.6 Å². The van der Waals surface area contributed by atoms with Crippen LogP contribution in [0.25, 0.3) is 0 Å². The molecule has 1 fully saturated rings. The average molecular weight is 334 g/mol. The summed E-state index contributed by atoms with van der Waals surface area (Å²) in [6, 6.07) is 4.99. The molecule has 0 aromatic heterocycles. The van der Waals surface area contributed by atoms with Crippen molar-refractivity contribution in [2.24, 2.45) is 5.92 Å². The first-order valence-electron chi connectivity index (χ1n) is 6.40. The summed E-state index contributed by atoms with van der Waals surface area (Å²) >= 11 is -0.310. The van der Waals surface area contributed by atoms with Crippen LogP contribution in [0.5, 0.6) is 0 Å². The number of thioether (sulfide) groups is 1. The van der Waals surface area contributed by atoms with Crippen LogP contribution in [0.1, 0.15) is 6.42 Å². The zero-order valence-electron chi connectivity index (χ0n) is 11.3. The SMILES string of the molecule is O=C(O)C1CCN(C(=O)Nc2ccccc2SC(F)(F)F)C1. The molecule has 5 nitrogen and oxygen atoms in total. The number of nitrogens with zero attached hydrogens (tertiary/aromatic N) is 1. The quantitative estimate of drug-likeness (QED) is 0.833. The van der Waals surface area contributed by atoms with Crippen molar-refractivity contribution in [2.45, 2.75) is 16.8 Å². The number of carbonyl (C=O) groups excluding carboxylic acids is 1. The van der Waals surface area contributed by atoms with Crippen molar-refractivity contribution in [1.82, 2.24) is 4.90 Å². The van der Waals surface area contributed by atoms with Crippen LogP contribution >= 0.6 is 11.8 Å². The summed E-state index contributed by atoms with van der Waals surface area (Å²) in [7, 11) is 0. The number of aliphatic carboxylic acids is 1. The third-order valence-electron chi connectivity index (χ3n) is 3.18. The Balaban J connectivity index is 2.05. The molecule has 0 bridgehead atoms. The van der Waals surface area contributed by atoms with Gasteiger partial charge in [-0.15, -0.1) is 0 Å². The molecule has 0 aliphatic carbocycles.